The predicted octanol–water partition coefficient (Wildman–Crippen LogP) is 0.699. The summed E-state index contributed by atoms with van der Waals surface area (Å²) in [5.41, 5.74) is 0. The van der Waals surface area contributed by atoms with Crippen LogP contribution in [0.2, 0.25) is 0 Å². The van der Waals surface area contributed by atoms with Crippen LogP contribution in [-0.4, -0.2) is 11.1 Å². The lowest BCUT2D eigenvalue weighted by Crippen LogP contribution is -2.11. The summed E-state index contributed by atoms with van der Waals surface area (Å²) in [4.78, 5) is 27.2. The molecule has 0 aliphatic heterocycles. The lowest BCUT2D eigenvalue weighted by atomic mass is 10.1. The molecule has 0 fully saturated rings. The Morgan fingerprint density at radius 3 is 2.55 bits per heavy atom. The average molecular weight is 163 g/mol. The van der Waals surface area contributed by atoms with Gasteiger partial charge in [0.05, 0.1) is 6.42 Å². The third kappa shape index (κ3) is 6.56. The molecular weight excluding hydrogens is 154 g/mol. The first-order valence-corrected chi connectivity index (χ1v) is 3.04. The highest BCUT2D eigenvalue weighted by atomic mass is 17.3. The van der Waals surface area contributed by atoms with Gasteiger partial charge in [-0.1, -0.05) is 18.8 Å². The second-order valence-electron chi connectivity index (χ2n) is 2.35. The van der Waals surface area contributed by atoms with Crippen molar-refractivity contribution >= 4 is 5.97 Å². The zero-order chi connectivity index (χ0) is 8.85. The molecule has 0 atom stereocenters. The number of nitrogens with zero attached hydrogens (tertiary/aromatic N) is 1. The Balaban J connectivity index is 3.45. The molecule has 64 valence electrons. The van der Waals surface area contributed by atoms with Crippen molar-refractivity contribution in [1.29, 1.82) is 0 Å². The Kier molecular flexibility index (Phi) is 3.94. The van der Waals surface area contributed by atoms with Crippen LogP contribution in [-0.2, 0) is 14.7 Å². The van der Waals surface area contributed by atoms with Gasteiger partial charge in [-0.3, -0.25) is 4.89 Å². The summed E-state index contributed by atoms with van der Waals surface area (Å²) in [5, 5.41) is 8.31. The summed E-state index contributed by atoms with van der Waals surface area (Å²) in [6.07, 6.45) is 0.105. The van der Waals surface area contributed by atoms with Gasteiger partial charge in [-0.2, -0.15) is 0 Å². The second-order valence-corrected chi connectivity index (χ2v) is 2.35. The Hall–Kier alpha value is -1.33. The molecule has 0 aromatic carbocycles. The third-order valence-electron chi connectivity index (χ3n) is 0.766. The van der Waals surface area contributed by atoms with E-state index in [0.29, 0.717) is 0 Å². The lowest BCUT2D eigenvalue weighted by Gasteiger charge is -2.00. The maximum atomic E-state index is 10.5. The van der Waals surface area contributed by atoms with Gasteiger partial charge in [-0.25, -0.2) is 4.79 Å². The van der Waals surface area contributed by atoms with Crippen molar-refractivity contribution in [2.24, 2.45) is 5.92 Å². The van der Waals surface area contributed by atoms with Gasteiger partial charge in [0, 0.05) is 0 Å². The highest BCUT2D eigenvalue weighted by molar-refractivity contribution is 5.68. The minimum atomic E-state index is -1.18. The van der Waals surface area contributed by atoms with Crippen molar-refractivity contribution in [3.8, 4) is 0 Å². The molecule has 0 aromatic heterocycles. The molecular formula is C5H9NO5. The maximum absolute atomic E-state index is 10.5. The van der Waals surface area contributed by atoms with Crippen molar-refractivity contribution in [3.63, 3.8) is 0 Å². The summed E-state index contributed by atoms with van der Waals surface area (Å²) >= 11 is 0. The predicted molar refractivity (Wildman–Crippen MR) is 33.6 cm³/mol. The number of hydrogen-bond acceptors (Lipinski definition) is 5. The van der Waals surface area contributed by atoms with E-state index in [1.165, 1.54) is 0 Å². The summed E-state index contributed by atoms with van der Waals surface area (Å²) in [7, 11) is 0. The van der Waals surface area contributed by atoms with Crippen molar-refractivity contribution < 1.29 is 19.8 Å². The molecule has 0 heterocycles. The zero-order valence-corrected chi connectivity index (χ0v) is 6.27. The molecule has 0 aromatic rings. The van der Waals surface area contributed by atoms with E-state index in [-0.39, 0.29) is 12.3 Å². The van der Waals surface area contributed by atoms with Crippen LogP contribution in [0.1, 0.15) is 20.3 Å². The van der Waals surface area contributed by atoms with Gasteiger partial charge < -0.3 is 0 Å². The maximum Gasteiger partial charge on any atom is 0.343 e. The summed E-state index contributed by atoms with van der Waals surface area (Å²) < 4.78 is 0. The van der Waals surface area contributed by atoms with Gasteiger partial charge in [0.1, 0.15) is 0 Å². The fourth-order valence-electron chi connectivity index (χ4n) is 0.439. The normalized spacial score (nSPS) is 9.36. The lowest BCUT2D eigenvalue weighted by molar-refractivity contribution is -0.839. The number of hydrogen-bond donors (Lipinski definition) is 0. The molecule has 0 radical (unpaired) electrons. The molecule has 0 bridgehead atoms. The molecule has 0 saturated heterocycles. The monoisotopic (exact) mass is 163 g/mol. The number of carbonyl (C=O) groups excluding carboxylic acids is 1. The summed E-state index contributed by atoms with van der Waals surface area (Å²) in [6.45, 7) is 3.57. The van der Waals surface area contributed by atoms with Gasteiger partial charge in [0.2, 0.25) is 0 Å². The van der Waals surface area contributed by atoms with Crippen LogP contribution in [0.5, 0.6) is 0 Å². The first-order chi connectivity index (χ1) is 5.02. The van der Waals surface area contributed by atoms with Crippen LogP contribution in [0.25, 0.3) is 0 Å². The smallest absolute Gasteiger partial charge is 0.261 e. The van der Waals surface area contributed by atoms with Gasteiger partial charge in [0.15, 0.2) is 0 Å². The van der Waals surface area contributed by atoms with E-state index in [1.807, 2.05) is 0 Å². The van der Waals surface area contributed by atoms with Crippen molar-refractivity contribution in [2.75, 3.05) is 0 Å². The third-order valence-corrected chi connectivity index (χ3v) is 0.766. The van der Waals surface area contributed by atoms with E-state index in [1.54, 1.807) is 13.8 Å². The molecule has 0 amide bonds. The van der Waals surface area contributed by atoms with Crippen molar-refractivity contribution in [3.05, 3.63) is 10.1 Å². The molecule has 6 heteroatoms. The van der Waals surface area contributed by atoms with Crippen LogP contribution in [0.4, 0.5) is 0 Å². The highest BCUT2D eigenvalue weighted by Gasteiger charge is 2.08. The van der Waals surface area contributed by atoms with E-state index >= 15 is 0 Å². The van der Waals surface area contributed by atoms with E-state index in [2.05, 4.69) is 9.88 Å². The van der Waals surface area contributed by atoms with Gasteiger partial charge in [-0.05, 0) is 5.92 Å². The first kappa shape index (κ1) is 9.67. The topological polar surface area (TPSA) is 78.7 Å². The molecule has 0 spiro atoms. The SMILES string of the molecule is CC(C)CC(=O)OO[N+](=O)[O-]. The van der Waals surface area contributed by atoms with Gasteiger partial charge in [0.25, 0.3) is 0 Å². The van der Waals surface area contributed by atoms with E-state index in [4.69, 9.17) is 0 Å². The quantitative estimate of drug-likeness (QED) is 0.346. The molecule has 0 aliphatic carbocycles. The summed E-state index contributed by atoms with van der Waals surface area (Å²) in [5.74, 6) is -0.644. The standard InChI is InChI=1S/C5H9NO5/c1-4(2)3-5(7)10-11-6(8)9/h4H,3H2,1-2H3. The Bertz CT molecular complexity index is 155. The Morgan fingerprint density at radius 2 is 2.18 bits per heavy atom. The zero-order valence-electron chi connectivity index (χ0n) is 6.27. The van der Waals surface area contributed by atoms with Crippen LogP contribution in [0.3, 0.4) is 0 Å². The highest BCUT2D eigenvalue weighted by Crippen LogP contribution is 2.00. The fraction of sp³-hybridized carbons (Fsp3) is 0.800. The average Bonchev–Trinajstić information content (AvgIpc) is 1.82. The fourth-order valence-corrected chi connectivity index (χ4v) is 0.439. The largest absolute Gasteiger partial charge is 0.343 e. The van der Waals surface area contributed by atoms with E-state index in [9.17, 15) is 14.9 Å². The minimum Gasteiger partial charge on any atom is -0.261 e. The van der Waals surface area contributed by atoms with Crippen LogP contribution in [0, 0.1) is 16.0 Å². The van der Waals surface area contributed by atoms with E-state index in [0.717, 1.165) is 0 Å². The van der Waals surface area contributed by atoms with Crippen LogP contribution < -0.4 is 0 Å². The van der Waals surface area contributed by atoms with Crippen molar-refractivity contribution in [2.45, 2.75) is 20.3 Å². The first-order valence-electron chi connectivity index (χ1n) is 3.04. The molecule has 0 N–H and O–H groups in total. The van der Waals surface area contributed by atoms with Gasteiger partial charge in [-0.15, -0.1) is 10.1 Å². The van der Waals surface area contributed by atoms with Crippen molar-refractivity contribution in [1.82, 2.24) is 0 Å². The minimum absolute atomic E-state index is 0.0952. The van der Waals surface area contributed by atoms with Gasteiger partial charge >= 0.3 is 11.1 Å². The molecule has 11 heavy (non-hydrogen) atoms. The number of carbonyl (C=O) groups is 1. The van der Waals surface area contributed by atoms with Crippen LogP contribution in [0.15, 0.2) is 0 Å². The number of rotatable bonds is 4. The molecule has 0 rings (SSSR count). The summed E-state index contributed by atoms with van der Waals surface area (Å²) in [6, 6.07) is 0. The molecule has 0 saturated carbocycles. The second kappa shape index (κ2) is 4.48. The molecule has 0 aliphatic rings. The Labute approximate surface area is 63.1 Å². The van der Waals surface area contributed by atoms with E-state index < -0.39 is 11.1 Å². The molecule has 0 unspecified atom stereocenters. The Morgan fingerprint density at radius 1 is 1.64 bits per heavy atom. The van der Waals surface area contributed by atoms with Crippen LogP contribution >= 0.6 is 0 Å². The molecule has 6 nitrogen and oxygen atoms in total.